The highest BCUT2D eigenvalue weighted by Crippen LogP contribution is 2.54. The van der Waals surface area contributed by atoms with Crippen LogP contribution >= 0.6 is 34.8 Å². The van der Waals surface area contributed by atoms with Gasteiger partial charge in [-0.1, -0.05) is 40.9 Å². The maximum atomic E-state index is 14.4. The van der Waals surface area contributed by atoms with Gasteiger partial charge in [-0.05, 0) is 29.8 Å². The van der Waals surface area contributed by atoms with E-state index in [0.717, 1.165) is 11.8 Å². The molecule has 1 aromatic heterocycles. The van der Waals surface area contributed by atoms with Gasteiger partial charge in [0.05, 0.1) is 33.9 Å². The predicted octanol–water partition coefficient (Wildman–Crippen LogP) is 7.58. The summed E-state index contributed by atoms with van der Waals surface area (Å²) in [6, 6.07) is 4.67. The van der Waals surface area contributed by atoms with Crippen molar-refractivity contribution in [2.45, 2.75) is 18.0 Å². The summed E-state index contributed by atoms with van der Waals surface area (Å²) in [7, 11) is 1.15. The average Bonchev–Trinajstić information content (AvgIpc) is 3.20. The number of alkyl halides is 7. The van der Waals surface area contributed by atoms with Gasteiger partial charge in [0.25, 0.3) is 0 Å². The van der Waals surface area contributed by atoms with E-state index in [1.54, 1.807) is 0 Å². The summed E-state index contributed by atoms with van der Waals surface area (Å²) < 4.78 is 98.4. The van der Waals surface area contributed by atoms with E-state index in [1.165, 1.54) is 30.6 Å². The van der Waals surface area contributed by atoms with Crippen molar-refractivity contribution >= 4 is 40.8 Å². The molecule has 3 aromatic rings. The summed E-state index contributed by atoms with van der Waals surface area (Å²) in [6.45, 7) is 0. The van der Waals surface area contributed by atoms with E-state index in [4.69, 9.17) is 34.8 Å². The fourth-order valence-electron chi connectivity index (χ4n) is 3.04. The van der Waals surface area contributed by atoms with Crippen LogP contribution in [0.4, 0.5) is 30.7 Å². The second kappa shape index (κ2) is 8.94. The van der Waals surface area contributed by atoms with Crippen molar-refractivity contribution < 1.29 is 40.3 Å². The van der Waals surface area contributed by atoms with Gasteiger partial charge in [0, 0.05) is 17.3 Å². The maximum absolute atomic E-state index is 14.4. The van der Waals surface area contributed by atoms with Crippen LogP contribution in [0.5, 0.6) is 0 Å². The number of esters is 1. The van der Waals surface area contributed by atoms with Crippen LogP contribution in [-0.2, 0) is 10.4 Å². The van der Waals surface area contributed by atoms with Crippen LogP contribution in [0.3, 0.4) is 0 Å². The highest BCUT2D eigenvalue weighted by Gasteiger charge is 2.73. The molecule has 0 fully saturated rings. The Kier molecular flexibility index (Phi) is 6.86. The third-order valence-corrected chi connectivity index (χ3v) is 5.62. The number of halogens is 10. The summed E-state index contributed by atoms with van der Waals surface area (Å²) in [5, 5.41) is 2.61. The van der Waals surface area contributed by atoms with Gasteiger partial charge in [-0.15, -0.1) is 0 Å². The molecule has 0 bridgehead atoms. The summed E-state index contributed by atoms with van der Waals surface area (Å²) in [6.07, 6.45) is -10.1. The Morgan fingerprint density at radius 2 is 1.44 bits per heavy atom. The molecule has 0 N–H and O–H groups in total. The predicted molar refractivity (Wildman–Crippen MR) is 110 cm³/mol. The van der Waals surface area contributed by atoms with Crippen molar-refractivity contribution in [1.82, 2.24) is 9.78 Å². The molecule has 0 saturated carbocycles. The molecule has 0 aliphatic carbocycles. The van der Waals surface area contributed by atoms with Gasteiger partial charge in [-0.3, -0.25) is 0 Å². The first kappa shape index (κ1) is 26.1. The van der Waals surface area contributed by atoms with E-state index < -0.39 is 39.6 Å². The molecule has 34 heavy (non-hydrogen) atoms. The second-order valence-corrected chi connectivity index (χ2v) is 8.02. The van der Waals surface area contributed by atoms with Crippen molar-refractivity contribution in [3.8, 4) is 16.8 Å². The molecule has 0 unspecified atom stereocenters. The normalized spacial score (nSPS) is 12.7. The number of ether oxygens (including phenoxy) is 1. The molecule has 0 spiro atoms. The quantitative estimate of drug-likeness (QED) is 0.249. The van der Waals surface area contributed by atoms with Gasteiger partial charge in [0.2, 0.25) is 0 Å². The lowest BCUT2D eigenvalue weighted by Crippen LogP contribution is -2.50. The lowest BCUT2D eigenvalue weighted by atomic mass is 9.94. The summed E-state index contributed by atoms with van der Waals surface area (Å²) in [5.74, 6) is -0.718. The number of nitrogens with zero attached hydrogens (tertiary/aromatic N) is 2. The Labute approximate surface area is 201 Å². The molecule has 0 atom stereocenters. The molecule has 4 nitrogen and oxygen atoms in total. The lowest BCUT2D eigenvalue weighted by molar-refractivity contribution is -0.348. The molecular weight excluding hydrogens is 540 g/mol. The highest BCUT2D eigenvalue weighted by atomic mass is 35.5. The van der Waals surface area contributed by atoms with Crippen molar-refractivity contribution in [3.63, 3.8) is 0 Å². The van der Waals surface area contributed by atoms with E-state index in [-0.39, 0.29) is 28.4 Å². The van der Waals surface area contributed by atoms with Gasteiger partial charge in [0.1, 0.15) is 5.69 Å². The third-order valence-electron chi connectivity index (χ3n) is 4.71. The molecule has 0 aliphatic heterocycles. The number of aromatic nitrogens is 2. The van der Waals surface area contributed by atoms with Gasteiger partial charge in [0.15, 0.2) is 0 Å². The van der Waals surface area contributed by atoms with Crippen LogP contribution in [0, 0.1) is 0 Å². The Bertz CT molecular complexity index is 1220. The number of hydrogen-bond donors (Lipinski definition) is 0. The largest absolute Gasteiger partial charge is 0.465 e. The molecule has 0 amide bonds. The second-order valence-electron chi connectivity index (χ2n) is 6.80. The monoisotopic (exact) mass is 548 g/mol. The number of hydrogen-bond acceptors (Lipinski definition) is 3. The smallest absolute Gasteiger partial charge is 0.435 e. The highest BCUT2D eigenvalue weighted by molar-refractivity contribution is 6.38. The van der Waals surface area contributed by atoms with Crippen molar-refractivity contribution in [2.24, 2.45) is 0 Å². The summed E-state index contributed by atoms with van der Waals surface area (Å²) >= 11 is 17.8. The lowest BCUT2D eigenvalue weighted by Gasteiger charge is -2.30. The van der Waals surface area contributed by atoms with Crippen molar-refractivity contribution in [3.05, 3.63) is 68.9 Å². The Morgan fingerprint density at radius 1 is 0.882 bits per heavy atom. The van der Waals surface area contributed by atoms with Crippen LogP contribution in [0.1, 0.15) is 15.9 Å². The van der Waals surface area contributed by atoms with E-state index in [0.29, 0.717) is 11.1 Å². The molecule has 0 radical (unpaired) electrons. The SMILES string of the molecule is COC(=O)c1cc(-c2cnn(-c3c(Cl)cc(C(F)(C(F)(F)F)C(F)(F)F)cc3Cl)c2)ccc1Cl. The molecule has 182 valence electrons. The Hall–Kier alpha value is -2.50. The Morgan fingerprint density at radius 3 is 1.94 bits per heavy atom. The minimum atomic E-state index is -6.33. The van der Waals surface area contributed by atoms with Gasteiger partial charge in [-0.25, -0.2) is 13.9 Å². The van der Waals surface area contributed by atoms with E-state index in [2.05, 4.69) is 9.84 Å². The van der Waals surface area contributed by atoms with Gasteiger partial charge in [-0.2, -0.15) is 31.4 Å². The Balaban J connectivity index is 2.09. The average molecular weight is 550 g/mol. The van der Waals surface area contributed by atoms with Crippen LogP contribution in [0.15, 0.2) is 42.7 Å². The standard InChI is InChI=1S/C20H10Cl3F7N2O2/c1-34-17(33)12-4-9(2-3-13(12)21)10-7-31-32(8-10)16-14(22)5-11(6-15(16)23)18(24,19(25,26)27)20(28,29)30/h2-8H,1H3. The minimum absolute atomic E-state index is 0.0356. The zero-order valence-electron chi connectivity index (χ0n) is 16.5. The molecule has 0 aliphatic rings. The number of benzene rings is 2. The van der Waals surface area contributed by atoms with Crippen molar-refractivity contribution in [2.75, 3.05) is 7.11 Å². The van der Waals surface area contributed by atoms with Crippen LogP contribution in [0.2, 0.25) is 15.1 Å². The van der Waals surface area contributed by atoms with E-state index in [1.807, 2.05) is 0 Å². The molecule has 14 heteroatoms. The zero-order chi connectivity index (χ0) is 25.6. The van der Waals surface area contributed by atoms with Crippen LogP contribution in [0.25, 0.3) is 16.8 Å². The molecular formula is C20H10Cl3F7N2O2. The summed E-state index contributed by atoms with van der Waals surface area (Å²) in [4.78, 5) is 11.8. The minimum Gasteiger partial charge on any atom is -0.465 e. The molecule has 0 saturated heterocycles. The first-order chi connectivity index (χ1) is 15.6. The van der Waals surface area contributed by atoms with E-state index >= 15 is 0 Å². The maximum Gasteiger partial charge on any atom is 0.435 e. The number of methoxy groups -OCH3 is 1. The third kappa shape index (κ3) is 4.44. The fourth-order valence-corrected chi connectivity index (χ4v) is 3.89. The number of rotatable bonds is 4. The first-order valence-electron chi connectivity index (χ1n) is 8.87. The molecule has 1 heterocycles. The van der Waals surface area contributed by atoms with Crippen LogP contribution < -0.4 is 0 Å². The van der Waals surface area contributed by atoms with Crippen molar-refractivity contribution in [1.29, 1.82) is 0 Å². The van der Waals surface area contributed by atoms with Gasteiger partial charge >= 0.3 is 24.0 Å². The molecule has 2 aromatic carbocycles. The zero-order valence-corrected chi connectivity index (χ0v) is 18.8. The van der Waals surface area contributed by atoms with Crippen LogP contribution in [-0.4, -0.2) is 35.2 Å². The van der Waals surface area contributed by atoms with Gasteiger partial charge < -0.3 is 4.74 Å². The topological polar surface area (TPSA) is 44.1 Å². The summed E-state index contributed by atoms with van der Waals surface area (Å²) in [5.41, 5.74) is -7.03. The first-order valence-corrected chi connectivity index (χ1v) is 10.0. The number of carbonyl (C=O) groups excluding carboxylic acids is 1. The number of carbonyl (C=O) groups is 1. The molecule has 3 rings (SSSR count). The fraction of sp³-hybridized carbons (Fsp3) is 0.200. The van der Waals surface area contributed by atoms with E-state index in [9.17, 15) is 35.5 Å².